The molecule has 1 amide bonds. The van der Waals surface area contributed by atoms with E-state index in [2.05, 4.69) is 5.32 Å². The standard InChI is InChI=1S/C15H21NO6S/c1-20-11-6-13(21-2)12(14(7-11)22-3)8-16-15(17)10-4-5-23(18,19)9-10/h6-7,10H,4-5,8-9H2,1-3H3,(H,16,17)/t10-/m1/s1. The molecule has 0 radical (unpaired) electrons. The second kappa shape index (κ2) is 7.08. The molecule has 0 bridgehead atoms. The highest BCUT2D eigenvalue weighted by molar-refractivity contribution is 7.91. The Kier molecular flexibility index (Phi) is 5.35. The number of sulfone groups is 1. The maximum absolute atomic E-state index is 12.1. The van der Waals surface area contributed by atoms with Crippen molar-refractivity contribution in [3.05, 3.63) is 17.7 Å². The van der Waals surface area contributed by atoms with Crippen molar-refractivity contribution in [2.75, 3.05) is 32.8 Å². The van der Waals surface area contributed by atoms with Crippen molar-refractivity contribution in [3.63, 3.8) is 0 Å². The van der Waals surface area contributed by atoms with E-state index in [0.29, 0.717) is 29.2 Å². The molecule has 0 unspecified atom stereocenters. The number of amides is 1. The predicted molar refractivity (Wildman–Crippen MR) is 84.7 cm³/mol. The highest BCUT2D eigenvalue weighted by Crippen LogP contribution is 2.34. The van der Waals surface area contributed by atoms with Crippen molar-refractivity contribution in [3.8, 4) is 17.2 Å². The Morgan fingerprint density at radius 1 is 1.17 bits per heavy atom. The van der Waals surface area contributed by atoms with Crippen LogP contribution in [0.3, 0.4) is 0 Å². The first-order valence-corrected chi connectivity index (χ1v) is 8.99. The molecule has 0 spiro atoms. The number of rotatable bonds is 6. The van der Waals surface area contributed by atoms with Gasteiger partial charge in [-0.3, -0.25) is 4.79 Å². The van der Waals surface area contributed by atoms with Gasteiger partial charge in [0.1, 0.15) is 17.2 Å². The molecule has 2 rings (SSSR count). The second-order valence-corrected chi connectivity index (χ2v) is 7.56. The van der Waals surface area contributed by atoms with Crippen LogP contribution >= 0.6 is 0 Å². The van der Waals surface area contributed by atoms with Crippen molar-refractivity contribution in [2.24, 2.45) is 5.92 Å². The molecule has 1 fully saturated rings. The molecule has 1 aliphatic heterocycles. The number of hydrogen-bond acceptors (Lipinski definition) is 6. The van der Waals surface area contributed by atoms with Crippen LogP contribution in [-0.4, -0.2) is 47.2 Å². The van der Waals surface area contributed by atoms with E-state index in [-0.39, 0.29) is 24.0 Å². The maximum Gasteiger partial charge on any atom is 0.224 e. The molecule has 8 heteroatoms. The molecule has 1 saturated heterocycles. The Morgan fingerprint density at radius 3 is 2.22 bits per heavy atom. The van der Waals surface area contributed by atoms with Gasteiger partial charge in [0.25, 0.3) is 0 Å². The van der Waals surface area contributed by atoms with Gasteiger partial charge >= 0.3 is 0 Å². The van der Waals surface area contributed by atoms with Crippen LogP contribution in [0.1, 0.15) is 12.0 Å². The van der Waals surface area contributed by atoms with Gasteiger partial charge in [0.15, 0.2) is 9.84 Å². The zero-order chi connectivity index (χ0) is 17.0. The zero-order valence-corrected chi connectivity index (χ0v) is 14.2. The number of ether oxygens (including phenoxy) is 3. The summed E-state index contributed by atoms with van der Waals surface area (Å²) in [6, 6.07) is 3.40. The Bertz CT molecular complexity index is 660. The summed E-state index contributed by atoms with van der Waals surface area (Å²) in [4.78, 5) is 12.1. The fourth-order valence-corrected chi connectivity index (χ4v) is 4.32. The lowest BCUT2D eigenvalue weighted by Gasteiger charge is -2.16. The van der Waals surface area contributed by atoms with E-state index in [0.717, 1.165) is 0 Å². The summed E-state index contributed by atoms with van der Waals surface area (Å²) in [6.45, 7) is 0.186. The molecule has 0 aliphatic carbocycles. The van der Waals surface area contributed by atoms with Gasteiger partial charge in [0.05, 0.1) is 50.9 Å². The largest absolute Gasteiger partial charge is 0.496 e. The summed E-state index contributed by atoms with van der Waals surface area (Å²) >= 11 is 0. The fourth-order valence-electron chi connectivity index (χ4n) is 2.57. The van der Waals surface area contributed by atoms with Crippen LogP contribution in [0.15, 0.2) is 12.1 Å². The average Bonchev–Trinajstić information content (AvgIpc) is 2.91. The Labute approximate surface area is 135 Å². The van der Waals surface area contributed by atoms with Crippen molar-refractivity contribution < 1.29 is 27.4 Å². The van der Waals surface area contributed by atoms with Crippen molar-refractivity contribution in [2.45, 2.75) is 13.0 Å². The summed E-state index contributed by atoms with van der Waals surface area (Å²) in [5.41, 5.74) is 0.671. The van der Waals surface area contributed by atoms with Gasteiger partial charge in [-0.15, -0.1) is 0 Å². The van der Waals surface area contributed by atoms with Gasteiger partial charge in [-0.05, 0) is 6.42 Å². The third-order valence-corrected chi connectivity index (χ3v) is 5.63. The van der Waals surface area contributed by atoms with Crippen LogP contribution in [0.2, 0.25) is 0 Å². The van der Waals surface area contributed by atoms with Gasteiger partial charge in [0, 0.05) is 12.1 Å². The molecule has 1 N–H and O–H groups in total. The lowest BCUT2D eigenvalue weighted by atomic mass is 10.1. The van der Waals surface area contributed by atoms with E-state index in [9.17, 15) is 13.2 Å². The number of carbonyl (C=O) groups excluding carboxylic acids is 1. The van der Waals surface area contributed by atoms with Crippen molar-refractivity contribution in [1.29, 1.82) is 0 Å². The van der Waals surface area contributed by atoms with Crippen LogP contribution in [-0.2, 0) is 21.2 Å². The van der Waals surface area contributed by atoms with E-state index < -0.39 is 15.8 Å². The minimum atomic E-state index is -3.08. The molecule has 0 aromatic heterocycles. The first-order valence-electron chi connectivity index (χ1n) is 7.17. The second-order valence-electron chi connectivity index (χ2n) is 5.33. The number of carbonyl (C=O) groups is 1. The maximum atomic E-state index is 12.1. The lowest BCUT2D eigenvalue weighted by Crippen LogP contribution is -2.31. The van der Waals surface area contributed by atoms with Gasteiger partial charge < -0.3 is 19.5 Å². The van der Waals surface area contributed by atoms with Crippen LogP contribution < -0.4 is 19.5 Å². The Hall–Kier alpha value is -1.96. The Morgan fingerprint density at radius 2 is 1.78 bits per heavy atom. The van der Waals surface area contributed by atoms with Crippen LogP contribution in [0, 0.1) is 5.92 Å². The molecule has 1 atom stereocenters. The monoisotopic (exact) mass is 343 g/mol. The normalized spacial score (nSPS) is 19.2. The zero-order valence-electron chi connectivity index (χ0n) is 13.4. The van der Waals surface area contributed by atoms with E-state index in [1.165, 1.54) is 21.3 Å². The minimum absolute atomic E-state index is 0.0697. The highest BCUT2D eigenvalue weighted by atomic mass is 32.2. The Balaban J connectivity index is 2.12. The number of methoxy groups -OCH3 is 3. The molecule has 1 aromatic rings. The SMILES string of the molecule is COc1cc(OC)c(CNC(=O)[C@@H]2CCS(=O)(=O)C2)c(OC)c1. The van der Waals surface area contributed by atoms with Crippen molar-refractivity contribution >= 4 is 15.7 Å². The number of benzene rings is 1. The predicted octanol–water partition coefficient (Wildman–Crippen LogP) is 0.763. The number of hydrogen-bond donors (Lipinski definition) is 1. The summed E-state index contributed by atoms with van der Waals surface area (Å²) in [7, 11) is 1.49. The molecule has 23 heavy (non-hydrogen) atoms. The molecule has 1 heterocycles. The van der Waals surface area contributed by atoms with Gasteiger partial charge in [-0.1, -0.05) is 0 Å². The van der Waals surface area contributed by atoms with Crippen LogP contribution in [0.4, 0.5) is 0 Å². The van der Waals surface area contributed by atoms with Gasteiger partial charge in [-0.25, -0.2) is 8.42 Å². The quantitative estimate of drug-likeness (QED) is 0.820. The van der Waals surface area contributed by atoms with E-state index in [1.807, 2.05) is 0 Å². The first kappa shape index (κ1) is 17.4. The van der Waals surface area contributed by atoms with E-state index in [1.54, 1.807) is 12.1 Å². The molecule has 128 valence electrons. The fraction of sp³-hybridized carbons (Fsp3) is 0.533. The number of nitrogens with one attached hydrogen (secondary N) is 1. The summed E-state index contributed by atoms with van der Waals surface area (Å²) in [6.07, 6.45) is 0.366. The molecule has 0 saturated carbocycles. The molecular formula is C15H21NO6S. The molecular weight excluding hydrogens is 322 g/mol. The first-order chi connectivity index (χ1) is 10.9. The van der Waals surface area contributed by atoms with Crippen LogP contribution in [0.5, 0.6) is 17.2 Å². The highest BCUT2D eigenvalue weighted by Gasteiger charge is 2.33. The summed E-state index contributed by atoms with van der Waals surface area (Å²) < 4.78 is 38.7. The third kappa shape index (κ3) is 4.07. The minimum Gasteiger partial charge on any atom is -0.496 e. The van der Waals surface area contributed by atoms with Crippen LogP contribution in [0.25, 0.3) is 0 Å². The topological polar surface area (TPSA) is 90.9 Å². The molecule has 7 nitrogen and oxygen atoms in total. The van der Waals surface area contributed by atoms with Gasteiger partial charge in [-0.2, -0.15) is 0 Å². The van der Waals surface area contributed by atoms with Crippen molar-refractivity contribution in [1.82, 2.24) is 5.32 Å². The molecule has 1 aliphatic rings. The summed E-state index contributed by atoms with van der Waals surface area (Å²) in [5.74, 6) is 0.855. The summed E-state index contributed by atoms with van der Waals surface area (Å²) in [5, 5.41) is 2.76. The third-order valence-electron chi connectivity index (χ3n) is 3.86. The van der Waals surface area contributed by atoms with Gasteiger partial charge in [0.2, 0.25) is 5.91 Å². The van der Waals surface area contributed by atoms with E-state index in [4.69, 9.17) is 14.2 Å². The van der Waals surface area contributed by atoms with E-state index >= 15 is 0 Å². The molecule has 1 aromatic carbocycles. The average molecular weight is 343 g/mol. The lowest BCUT2D eigenvalue weighted by molar-refractivity contribution is -0.124. The smallest absolute Gasteiger partial charge is 0.224 e.